The SMILES string of the molecule is CCNC(=NCCCNC(=O)OC(C)(C)C)NCCC(=O)Nc1cccc(Cl)c1C.I. The van der Waals surface area contributed by atoms with E-state index in [4.69, 9.17) is 16.3 Å². The van der Waals surface area contributed by atoms with Gasteiger partial charge in [0.1, 0.15) is 5.60 Å². The highest BCUT2D eigenvalue weighted by Crippen LogP contribution is 2.22. The number of guanidine groups is 1. The molecule has 0 atom stereocenters. The molecule has 0 unspecified atom stereocenters. The molecular formula is C21H35ClIN5O3. The normalized spacial score (nSPS) is 11.2. The van der Waals surface area contributed by atoms with Crippen LogP contribution < -0.4 is 21.3 Å². The molecular weight excluding hydrogens is 533 g/mol. The second-order valence-corrected chi connectivity index (χ2v) is 8.09. The van der Waals surface area contributed by atoms with E-state index in [-0.39, 0.29) is 36.3 Å². The molecule has 0 aliphatic rings. The number of nitrogens with zero attached hydrogens (tertiary/aromatic N) is 1. The smallest absolute Gasteiger partial charge is 0.407 e. The van der Waals surface area contributed by atoms with Crippen molar-refractivity contribution in [2.75, 3.05) is 31.5 Å². The van der Waals surface area contributed by atoms with Crippen LogP contribution >= 0.6 is 35.6 Å². The molecule has 0 saturated carbocycles. The number of hydrogen-bond acceptors (Lipinski definition) is 4. The van der Waals surface area contributed by atoms with Gasteiger partial charge in [-0.25, -0.2) is 4.79 Å². The lowest BCUT2D eigenvalue weighted by Crippen LogP contribution is -2.39. The number of amides is 2. The zero-order chi connectivity index (χ0) is 22.6. The fourth-order valence-corrected chi connectivity index (χ4v) is 2.54. The van der Waals surface area contributed by atoms with E-state index in [0.717, 1.165) is 5.56 Å². The minimum absolute atomic E-state index is 0. The van der Waals surface area contributed by atoms with Crippen LogP contribution in [0.15, 0.2) is 23.2 Å². The first kappa shape index (κ1) is 29.2. The van der Waals surface area contributed by atoms with Gasteiger partial charge >= 0.3 is 6.09 Å². The molecule has 1 aromatic rings. The highest BCUT2D eigenvalue weighted by Gasteiger charge is 2.15. The predicted molar refractivity (Wildman–Crippen MR) is 138 cm³/mol. The van der Waals surface area contributed by atoms with Crippen molar-refractivity contribution in [3.8, 4) is 0 Å². The lowest BCUT2D eigenvalue weighted by Gasteiger charge is -2.19. The molecule has 1 aromatic carbocycles. The predicted octanol–water partition coefficient (Wildman–Crippen LogP) is 4.06. The zero-order valence-corrected chi connectivity index (χ0v) is 22.0. The van der Waals surface area contributed by atoms with E-state index in [1.54, 1.807) is 12.1 Å². The number of benzene rings is 1. The quantitative estimate of drug-likeness (QED) is 0.156. The maximum Gasteiger partial charge on any atom is 0.407 e. The van der Waals surface area contributed by atoms with Crippen molar-refractivity contribution in [2.24, 2.45) is 4.99 Å². The summed E-state index contributed by atoms with van der Waals surface area (Å²) in [5, 5.41) is 12.5. The van der Waals surface area contributed by atoms with Crippen LogP contribution in [-0.2, 0) is 9.53 Å². The van der Waals surface area contributed by atoms with Gasteiger partial charge in [-0.05, 0) is 58.7 Å². The van der Waals surface area contributed by atoms with E-state index in [1.807, 2.05) is 40.7 Å². The molecule has 0 radical (unpaired) electrons. The summed E-state index contributed by atoms with van der Waals surface area (Å²) in [5.41, 5.74) is 1.04. The molecule has 0 aromatic heterocycles. The molecule has 1 rings (SSSR count). The average molecular weight is 568 g/mol. The van der Waals surface area contributed by atoms with Gasteiger partial charge in [-0.15, -0.1) is 24.0 Å². The van der Waals surface area contributed by atoms with E-state index < -0.39 is 11.7 Å². The van der Waals surface area contributed by atoms with Gasteiger partial charge in [0.05, 0.1) is 0 Å². The van der Waals surface area contributed by atoms with Crippen LogP contribution in [0, 0.1) is 6.92 Å². The van der Waals surface area contributed by atoms with Crippen LogP contribution in [0.25, 0.3) is 0 Å². The first-order valence-electron chi connectivity index (χ1n) is 10.2. The monoisotopic (exact) mass is 567 g/mol. The lowest BCUT2D eigenvalue weighted by atomic mass is 10.2. The van der Waals surface area contributed by atoms with Gasteiger partial charge in [0.25, 0.3) is 0 Å². The number of ether oxygens (including phenoxy) is 1. The first-order valence-corrected chi connectivity index (χ1v) is 10.5. The summed E-state index contributed by atoms with van der Waals surface area (Å²) in [6, 6.07) is 5.41. The fraction of sp³-hybridized carbons (Fsp3) is 0.571. The Morgan fingerprint density at radius 2 is 1.84 bits per heavy atom. The highest BCUT2D eigenvalue weighted by atomic mass is 127. The van der Waals surface area contributed by atoms with Crippen LogP contribution in [0.4, 0.5) is 10.5 Å². The van der Waals surface area contributed by atoms with Crippen LogP contribution in [-0.4, -0.2) is 49.7 Å². The third kappa shape index (κ3) is 13.3. The number of hydrogen-bond donors (Lipinski definition) is 4. The number of aliphatic imine (C=N–C) groups is 1. The molecule has 0 aliphatic carbocycles. The lowest BCUT2D eigenvalue weighted by molar-refractivity contribution is -0.116. The number of halogens is 2. The van der Waals surface area contributed by atoms with Crippen LogP contribution in [0.5, 0.6) is 0 Å². The third-order valence-electron chi connectivity index (χ3n) is 3.80. The number of anilines is 1. The number of rotatable bonds is 9. The Hall–Kier alpha value is -1.75. The second-order valence-electron chi connectivity index (χ2n) is 7.68. The third-order valence-corrected chi connectivity index (χ3v) is 4.21. The summed E-state index contributed by atoms with van der Waals surface area (Å²) >= 11 is 6.08. The van der Waals surface area contributed by atoms with Crippen LogP contribution in [0.3, 0.4) is 0 Å². The van der Waals surface area contributed by atoms with Gasteiger partial charge in [-0.1, -0.05) is 17.7 Å². The van der Waals surface area contributed by atoms with E-state index >= 15 is 0 Å². The number of carbonyl (C=O) groups is 2. The fourth-order valence-electron chi connectivity index (χ4n) is 2.37. The minimum Gasteiger partial charge on any atom is -0.444 e. The van der Waals surface area contributed by atoms with Crippen molar-refractivity contribution in [3.63, 3.8) is 0 Å². The van der Waals surface area contributed by atoms with Crippen LogP contribution in [0.1, 0.15) is 46.1 Å². The van der Waals surface area contributed by atoms with E-state index in [9.17, 15) is 9.59 Å². The molecule has 0 bridgehead atoms. The van der Waals surface area contributed by atoms with Gasteiger partial charge in [-0.2, -0.15) is 0 Å². The summed E-state index contributed by atoms with van der Waals surface area (Å²) in [4.78, 5) is 28.2. The molecule has 8 nitrogen and oxygen atoms in total. The maximum atomic E-state index is 12.2. The second kappa shape index (κ2) is 15.1. The summed E-state index contributed by atoms with van der Waals surface area (Å²) in [5.74, 6) is 0.520. The molecule has 176 valence electrons. The largest absolute Gasteiger partial charge is 0.444 e. The molecule has 10 heteroatoms. The van der Waals surface area contributed by atoms with E-state index in [1.165, 1.54) is 0 Å². The molecule has 0 heterocycles. The summed E-state index contributed by atoms with van der Waals surface area (Å²) in [6.45, 7) is 11.4. The maximum absolute atomic E-state index is 12.2. The summed E-state index contributed by atoms with van der Waals surface area (Å²) in [6.07, 6.45) is 0.526. The highest BCUT2D eigenvalue weighted by molar-refractivity contribution is 14.0. The zero-order valence-electron chi connectivity index (χ0n) is 18.9. The van der Waals surface area contributed by atoms with Crippen molar-refractivity contribution in [1.29, 1.82) is 0 Å². The van der Waals surface area contributed by atoms with Crippen molar-refractivity contribution < 1.29 is 14.3 Å². The molecule has 2 amide bonds. The Bertz CT molecular complexity index is 738. The van der Waals surface area contributed by atoms with Crippen molar-refractivity contribution in [1.82, 2.24) is 16.0 Å². The molecule has 31 heavy (non-hydrogen) atoms. The average Bonchev–Trinajstić information content (AvgIpc) is 2.63. The first-order chi connectivity index (χ1) is 14.1. The molecule has 4 N–H and O–H groups in total. The van der Waals surface area contributed by atoms with Gasteiger partial charge in [-0.3, -0.25) is 9.79 Å². The number of nitrogens with one attached hydrogen (secondary N) is 4. The van der Waals surface area contributed by atoms with E-state index in [0.29, 0.717) is 49.3 Å². The Kier molecular flexibility index (Phi) is 14.3. The topological polar surface area (TPSA) is 104 Å². The van der Waals surface area contributed by atoms with E-state index in [2.05, 4.69) is 26.3 Å². The molecule has 0 spiro atoms. The van der Waals surface area contributed by atoms with Crippen molar-refractivity contribution in [3.05, 3.63) is 28.8 Å². The van der Waals surface area contributed by atoms with Gasteiger partial charge in [0, 0.05) is 43.3 Å². The Morgan fingerprint density at radius 1 is 1.13 bits per heavy atom. The minimum atomic E-state index is -0.512. The van der Waals surface area contributed by atoms with Gasteiger partial charge < -0.3 is 26.0 Å². The van der Waals surface area contributed by atoms with Crippen LogP contribution in [0.2, 0.25) is 5.02 Å². The summed E-state index contributed by atoms with van der Waals surface area (Å²) in [7, 11) is 0. The van der Waals surface area contributed by atoms with Crippen molar-refractivity contribution >= 4 is 59.2 Å². The Balaban J connectivity index is 0.00000900. The summed E-state index contributed by atoms with van der Waals surface area (Å²) < 4.78 is 5.18. The Labute approximate surface area is 207 Å². The van der Waals surface area contributed by atoms with Gasteiger partial charge in [0.2, 0.25) is 5.91 Å². The molecule has 0 fully saturated rings. The number of alkyl carbamates (subject to hydrolysis) is 1. The molecule has 0 aliphatic heterocycles. The number of carbonyl (C=O) groups excluding carboxylic acids is 2. The Morgan fingerprint density at radius 3 is 2.48 bits per heavy atom. The van der Waals surface area contributed by atoms with Crippen molar-refractivity contribution in [2.45, 2.75) is 53.1 Å². The standard InChI is InChI=1S/C21H34ClN5O3.HI/c1-6-23-19(24-12-8-13-26-20(29)30-21(3,4)5)25-14-11-18(28)27-17-10-7-9-16(22)15(17)2;/h7,9-10H,6,8,11-14H2,1-5H3,(H,26,29)(H,27,28)(H2,23,24,25);1H. The molecule has 0 saturated heterocycles. The van der Waals surface area contributed by atoms with Gasteiger partial charge in [0.15, 0.2) is 5.96 Å².